The molecule has 1 aromatic carbocycles. The Hall–Kier alpha value is -1.55. The topological polar surface area (TPSA) is 50.4 Å². The van der Waals surface area contributed by atoms with Gasteiger partial charge < -0.3 is 15.4 Å². The van der Waals surface area contributed by atoms with Gasteiger partial charge in [0.15, 0.2) is 0 Å². The third kappa shape index (κ3) is 4.23. The molecule has 2 rings (SSSR count). The van der Waals surface area contributed by atoms with E-state index in [4.69, 9.17) is 4.74 Å². The fourth-order valence-electron chi connectivity index (χ4n) is 3.09. The van der Waals surface area contributed by atoms with Crippen molar-refractivity contribution in [3.63, 3.8) is 0 Å². The molecule has 2 N–H and O–H groups in total. The van der Waals surface area contributed by atoms with Crippen LogP contribution in [0, 0.1) is 13.8 Å². The molecule has 0 bridgehead atoms. The van der Waals surface area contributed by atoms with E-state index < -0.39 is 5.60 Å². The zero-order chi connectivity index (χ0) is 16.4. The van der Waals surface area contributed by atoms with Crippen molar-refractivity contribution in [2.45, 2.75) is 58.6 Å². The second-order valence-electron chi connectivity index (χ2n) is 7.34. The molecule has 0 unspecified atom stereocenters. The lowest BCUT2D eigenvalue weighted by molar-refractivity contribution is 0.0426. The van der Waals surface area contributed by atoms with Crippen molar-refractivity contribution in [2.24, 2.45) is 0 Å². The highest BCUT2D eigenvalue weighted by Crippen LogP contribution is 2.32. The molecule has 4 nitrogen and oxygen atoms in total. The Morgan fingerprint density at radius 2 is 1.68 bits per heavy atom. The third-order valence-corrected chi connectivity index (χ3v) is 3.97. The van der Waals surface area contributed by atoms with Crippen LogP contribution in [0.3, 0.4) is 0 Å². The van der Waals surface area contributed by atoms with Crippen LogP contribution < -0.4 is 10.6 Å². The van der Waals surface area contributed by atoms with E-state index in [0.29, 0.717) is 0 Å². The van der Waals surface area contributed by atoms with Gasteiger partial charge in [-0.15, -0.1) is 0 Å². The molecule has 1 saturated heterocycles. The van der Waals surface area contributed by atoms with Crippen molar-refractivity contribution in [2.75, 3.05) is 13.1 Å². The largest absolute Gasteiger partial charge is 0.444 e. The first-order valence-corrected chi connectivity index (χ1v) is 8.01. The Balaban J connectivity index is 2.29. The predicted molar refractivity (Wildman–Crippen MR) is 89.1 cm³/mol. The lowest BCUT2D eigenvalue weighted by atomic mass is 9.80. The van der Waals surface area contributed by atoms with Crippen LogP contribution >= 0.6 is 0 Å². The molecule has 0 atom stereocenters. The van der Waals surface area contributed by atoms with Crippen LogP contribution in [0.2, 0.25) is 0 Å². The fraction of sp³-hybridized carbons (Fsp3) is 0.611. The lowest BCUT2D eigenvalue weighted by Crippen LogP contribution is -2.53. The molecular formula is C18H28N2O2. The molecular weight excluding hydrogens is 276 g/mol. The Kier molecular flexibility index (Phi) is 4.81. The van der Waals surface area contributed by atoms with Gasteiger partial charge in [-0.2, -0.15) is 0 Å². The first kappa shape index (κ1) is 16.8. The highest BCUT2D eigenvalue weighted by Gasteiger charge is 2.37. The standard InChI is InChI=1S/C18H28N2O2/c1-13-10-14(2)12-15(11-13)18(6-8-19-9-7-18)20-16(21)22-17(3,4)5/h10-12,19H,6-9H2,1-5H3,(H,20,21). The number of carbonyl (C=O) groups excluding carboxylic acids is 1. The maximum Gasteiger partial charge on any atom is 0.408 e. The number of hydrogen-bond acceptors (Lipinski definition) is 3. The number of aryl methyl sites for hydroxylation is 2. The summed E-state index contributed by atoms with van der Waals surface area (Å²) in [6.07, 6.45) is 1.40. The molecule has 0 aromatic heterocycles. The molecule has 4 heteroatoms. The summed E-state index contributed by atoms with van der Waals surface area (Å²) in [5.41, 5.74) is 2.79. The smallest absolute Gasteiger partial charge is 0.408 e. The van der Waals surface area contributed by atoms with Crippen LogP contribution in [0.1, 0.15) is 50.3 Å². The van der Waals surface area contributed by atoms with Crippen LogP contribution in [0.4, 0.5) is 4.79 Å². The van der Waals surface area contributed by atoms with Crippen molar-refractivity contribution in [1.29, 1.82) is 0 Å². The van der Waals surface area contributed by atoms with Crippen molar-refractivity contribution in [3.05, 3.63) is 34.9 Å². The monoisotopic (exact) mass is 304 g/mol. The van der Waals surface area contributed by atoms with Crippen LogP contribution in [-0.2, 0) is 10.3 Å². The van der Waals surface area contributed by atoms with Gasteiger partial charge in [0.05, 0.1) is 5.54 Å². The normalized spacial score (nSPS) is 17.9. The van der Waals surface area contributed by atoms with Crippen molar-refractivity contribution in [3.8, 4) is 0 Å². The van der Waals surface area contributed by atoms with Crippen molar-refractivity contribution in [1.82, 2.24) is 10.6 Å². The van der Waals surface area contributed by atoms with Crippen LogP contribution in [0.15, 0.2) is 18.2 Å². The second-order valence-corrected chi connectivity index (χ2v) is 7.34. The van der Waals surface area contributed by atoms with Crippen LogP contribution in [0.5, 0.6) is 0 Å². The summed E-state index contributed by atoms with van der Waals surface area (Å²) in [5, 5.41) is 6.53. The molecule has 0 radical (unpaired) electrons. The molecule has 1 heterocycles. The molecule has 1 aliphatic heterocycles. The van der Waals surface area contributed by atoms with Gasteiger partial charge >= 0.3 is 6.09 Å². The van der Waals surface area contributed by atoms with E-state index in [1.165, 1.54) is 16.7 Å². The van der Waals surface area contributed by atoms with Gasteiger partial charge in [-0.25, -0.2) is 4.79 Å². The Morgan fingerprint density at radius 3 is 2.18 bits per heavy atom. The molecule has 1 aromatic rings. The van der Waals surface area contributed by atoms with Gasteiger partial charge in [0.2, 0.25) is 0 Å². The summed E-state index contributed by atoms with van der Waals surface area (Å²) in [5.74, 6) is 0. The summed E-state index contributed by atoms with van der Waals surface area (Å²) < 4.78 is 5.48. The number of amides is 1. The predicted octanol–water partition coefficient (Wildman–Crippen LogP) is 3.41. The average molecular weight is 304 g/mol. The van der Waals surface area contributed by atoms with Crippen molar-refractivity contribution >= 4 is 6.09 Å². The summed E-state index contributed by atoms with van der Waals surface area (Å²) in [4.78, 5) is 12.3. The van der Waals surface area contributed by atoms with Crippen LogP contribution in [0.25, 0.3) is 0 Å². The number of alkyl carbamates (subject to hydrolysis) is 1. The molecule has 122 valence electrons. The Morgan fingerprint density at radius 1 is 1.14 bits per heavy atom. The number of hydrogen-bond donors (Lipinski definition) is 2. The Labute approximate surface area is 133 Å². The number of rotatable bonds is 2. The van der Waals surface area contributed by atoms with E-state index in [-0.39, 0.29) is 11.6 Å². The fourth-order valence-corrected chi connectivity index (χ4v) is 3.09. The summed E-state index contributed by atoms with van der Waals surface area (Å²) in [7, 11) is 0. The SMILES string of the molecule is Cc1cc(C)cc(C2(NC(=O)OC(C)(C)C)CCNCC2)c1. The molecule has 0 aliphatic carbocycles. The molecule has 1 amide bonds. The van der Waals surface area contributed by atoms with Crippen molar-refractivity contribution < 1.29 is 9.53 Å². The van der Waals surface area contributed by atoms with Gasteiger partial charge in [-0.05, 0) is 66.1 Å². The van der Waals surface area contributed by atoms with E-state index in [1.807, 2.05) is 20.8 Å². The van der Waals surface area contributed by atoms with E-state index in [2.05, 4.69) is 42.7 Å². The maximum absolute atomic E-state index is 12.3. The van der Waals surface area contributed by atoms with Gasteiger partial charge in [-0.3, -0.25) is 0 Å². The number of ether oxygens (including phenoxy) is 1. The minimum Gasteiger partial charge on any atom is -0.444 e. The number of carbonyl (C=O) groups is 1. The quantitative estimate of drug-likeness (QED) is 0.880. The number of benzene rings is 1. The first-order chi connectivity index (χ1) is 10.2. The zero-order valence-electron chi connectivity index (χ0n) is 14.4. The van der Waals surface area contributed by atoms with E-state index in [0.717, 1.165) is 25.9 Å². The highest BCUT2D eigenvalue weighted by molar-refractivity contribution is 5.69. The summed E-state index contributed by atoms with van der Waals surface area (Å²) in [6, 6.07) is 6.51. The lowest BCUT2D eigenvalue weighted by Gasteiger charge is -2.39. The molecule has 22 heavy (non-hydrogen) atoms. The number of nitrogens with one attached hydrogen (secondary N) is 2. The average Bonchev–Trinajstić information content (AvgIpc) is 2.36. The van der Waals surface area contributed by atoms with Gasteiger partial charge in [0, 0.05) is 0 Å². The van der Waals surface area contributed by atoms with Gasteiger partial charge in [0.1, 0.15) is 5.60 Å². The van der Waals surface area contributed by atoms with Crippen LogP contribution in [-0.4, -0.2) is 24.8 Å². The van der Waals surface area contributed by atoms with E-state index >= 15 is 0 Å². The summed E-state index contributed by atoms with van der Waals surface area (Å²) >= 11 is 0. The first-order valence-electron chi connectivity index (χ1n) is 8.01. The summed E-state index contributed by atoms with van der Waals surface area (Å²) in [6.45, 7) is 11.6. The maximum atomic E-state index is 12.3. The zero-order valence-corrected chi connectivity index (χ0v) is 14.4. The van der Waals surface area contributed by atoms with Gasteiger partial charge in [0.25, 0.3) is 0 Å². The minimum atomic E-state index is -0.485. The molecule has 0 saturated carbocycles. The molecule has 1 aliphatic rings. The third-order valence-electron chi connectivity index (χ3n) is 3.97. The van der Waals surface area contributed by atoms with E-state index in [1.54, 1.807) is 0 Å². The highest BCUT2D eigenvalue weighted by atomic mass is 16.6. The van der Waals surface area contributed by atoms with Gasteiger partial charge in [-0.1, -0.05) is 29.3 Å². The van der Waals surface area contributed by atoms with E-state index in [9.17, 15) is 4.79 Å². The minimum absolute atomic E-state index is 0.339. The second kappa shape index (κ2) is 6.29. The molecule has 1 fully saturated rings. The molecule has 0 spiro atoms. The number of piperidine rings is 1. The Bertz CT molecular complexity index is 520.